The van der Waals surface area contributed by atoms with E-state index in [9.17, 15) is 4.79 Å². The van der Waals surface area contributed by atoms with Crippen LogP contribution in [0.5, 0.6) is 0 Å². The monoisotopic (exact) mass is 356 g/mol. The molecule has 7 nitrogen and oxygen atoms in total. The van der Waals surface area contributed by atoms with E-state index in [2.05, 4.69) is 41.2 Å². The Morgan fingerprint density at radius 3 is 2.54 bits per heavy atom. The first-order chi connectivity index (χ1) is 12.5. The molecule has 0 unspecified atom stereocenters. The molecule has 1 atom stereocenters. The first kappa shape index (κ1) is 18.5. The third kappa shape index (κ3) is 3.93. The minimum atomic E-state index is 0.122. The van der Waals surface area contributed by atoms with Gasteiger partial charge >= 0.3 is 0 Å². The van der Waals surface area contributed by atoms with Crippen molar-refractivity contribution in [2.24, 2.45) is 0 Å². The van der Waals surface area contributed by atoms with Gasteiger partial charge in [0.25, 0.3) is 5.91 Å². The van der Waals surface area contributed by atoms with Crippen LogP contribution in [0.4, 0.5) is 0 Å². The topological polar surface area (TPSA) is 67.2 Å². The van der Waals surface area contributed by atoms with Gasteiger partial charge in [-0.1, -0.05) is 19.1 Å². The highest BCUT2D eigenvalue weighted by Gasteiger charge is 2.30. The number of rotatable bonds is 5. The fourth-order valence-corrected chi connectivity index (χ4v) is 3.60. The molecule has 140 valence electrons. The van der Waals surface area contributed by atoms with Crippen molar-refractivity contribution in [2.75, 3.05) is 19.6 Å². The summed E-state index contributed by atoms with van der Waals surface area (Å²) in [5.74, 6) is 0.899. The molecular weight excluding hydrogens is 328 g/mol. The Labute approximate surface area is 155 Å². The van der Waals surface area contributed by atoms with E-state index >= 15 is 0 Å². The average Bonchev–Trinajstić information content (AvgIpc) is 3.05. The van der Waals surface area contributed by atoms with E-state index in [1.165, 1.54) is 0 Å². The molecule has 0 aliphatic carbocycles. The van der Waals surface area contributed by atoms with Gasteiger partial charge in [-0.15, -0.1) is 5.10 Å². The van der Waals surface area contributed by atoms with Crippen molar-refractivity contribution in [2.45, 2.75) is 52.7 Å². The number of tetrazole rings is 1. The molecule has 1 aliphatic heterocycles. The number of aromatic nitrogens is 4. The van der Waals surface area contributed by atoms with Crippen molar-refractivity contribution in [3.8, 4) is 0 Å². The molecule has 26 heavy (non-hydrogen) atoms. The maximum atomic E-state index is 12.9. The van der Waals surface area contributed by atoms with Gasteiger partial charge in [0.2, 0.25) is 0 Å². The lowest BCUT2D eigenvalue weighted by Gasteiger charge is -2.43. The number of carbonyl (C=O) groups is 1. The van der Waals surface area contributed by atoms with Crippen LogP contribution in [0.25, 0.3) is 0 Å². The predicted molar refractivity (Wildman–Crippen MR) is 99.9 cm³/mol. The fourth-order valence-electron chi connectivity index (χ4n) is 3.60. The lowest BCUT2D eigenvalue weighted by molar-refractivity contribution is 0.0371. The van der Waals surface area contributed by atoms with Crippen LogP contribution in [-0.2, 0) is 6.54 Å². The van der Waals surface area contributed by atoms with Crippen LogP contribution in [0.3, 0.4) is 0 Å². The maximum absolute atomic E-state index is 12.9. The molecule has 1 amide bonds. The lowest BCUT2D eigenvalue weighted by atomic mass is 10.1. The molecular formula is C19H28N6O. The third-order valence-corrected chi connectivity index (χ3v) is 5.19. The zero-order chi connectivity index (χ0) is 18.7. The van der Waals surface area contributed by atoms with Crippen molar-refractivity contribution in [3.05, 3.63) is 41.2 Å². The summed E-state index contributed by atoms with van der Waals surface area (Å²) >= 11 is 0. The van der Waals surface area contributed by atoms with Crippen LogP contribution < -0.4 is 0 Å². The highest BCUT2D eigenvalue weighted by atomic mass is 16.2. The molecule has 0 bridgehead atoms. The van der Waals surface area contributed by atoms with Crippen molar-refractivity contribution >= 4 is 5.91 Å². The zero-order valence-corrected chi connectivity index (χ0v) is 16.1. The molecule has 2 aromatic rings. The molecule has 0 spiro atoms. The van der Waals surface area contributed by atoms with Crippen molar-refractivity contribution in [3.63, 3.8) is 0 Å². The summed E-state index contributed by atoms with van der Waals surface area (Å²) in [6.45, 7) is 11.7. The van der Waals surface area contributed by atoms with Gasteiger partial charge in [-0.3, -0.25) is 9.69 Å². The van der Waals surface area contributed by atoms with Gasteiger partial charge in [0.15, 0.2) is 0 Å². The Kier molecular flexibility index (Phi) is 5.66. The van der Waals surface area contributed by atoms with E-state index in [1.54, 1.807) is 4.68 Å². The quantitative estimate of drug-likeness (QED) is 0.819. The fraction of sp³-hybridized carbons (Fsp3) is 0.579. The average molecular weight is 356 g/mol. The van der Waals surface area contributed by atoms with Crippen LogP contribution in [0.1, 0.15) is 48.9 Å². The van der Waals surface area contributed by atoms with Crippen molar-refractivity contribution < 1.29 is 4.79 Å². The summed E-state index contributed by atoms with van der Waals surface area (Å²) in [7, 11) is 0. The summed E-state index contributed by atoms with van der Waals surface area (Å²) in [5.41, 5.74) is 1.82. The highest BCUT2D eigenvalue weighted by molar-refractivity contribution is 5.94. The molecule has 1 saturated heterocycles. The standard InChI is InChI=1S/C19H28N6O/c1-5-18-13-23(10-11-24(18)14(2)3)19(26)17-8-6-16(7-9-17)12-25-15(4)20-21-22-25/h6-9,14,18H,5,10-13H2,1-4H3/t18-/m1/s1. The largest absolute Gasteiger partial charge is 0.336 e. The zero-order valence-electron chi connectivity index (χ0n) is 16.1. The van der Waals surface area contributed by atoms with Gasteiger partial charge in [0.1, 0.15) is 5.82 Å². The summed E-state index contributed by atoms with van der Waals surface area (Å²) in [5, 5.41) is 11.5. The predicted octanol–water partition coefficient (Wildman–Crippen LogP) is 1.97. The number of amides is 1. The number of carbonyl (C=O) groups excluding carboxylic acids is 1. The van der Waals surface area contributed by atoms with Gasteiger partial charge < -0.3 is 4.90 Å². The Balaban J connectivity index is 1.65. The highest BCUT2D eigenvalue weighted by Crippen LogP contribution is 2.18. The smallest absolute Gasteiger partial charge is 0.253 e. The van der Waals surface area contributed by atoms with Crippen LogP contribution in [-0.4, -0.2) is 67.6 Å². The second-order valence-electron chi connectivity index (χ2n) is 7.23. The third-order valence-electron chi connectivity index (χ3n) is 5.19. The molecule has 7 heteroatoms. The van der Waals surface area contributed by atoms with Crippen molar-refractivity contribution in [1.29, 1.82) is 0 Å². The molecule has 0 N–H and O–H groups in total. The first-order valence-electron chi connectivity index (χ1n) is 9.36. The van der Waals surface area contributed by atoms with Gasteiger partial charge in [-0.25, -0.2) is 4.68 Å². The molecule has 0 saturated carbocycles. The molecule has 1 fully saturated rings. The lowest BCUT2D eigenvalue weighted by Crippen LogP contribution is -2.56. The van der Waals surface area contributed by atoms with Crippen LogP contribution in [0.15, 0.2) is 24.3 Å². The SMILES string of the molecule is CC[C@@H]1CN(C(=O)c2ccc(Cn3nnnc3C)cc2)CCN1C(C)C. The molecule has 0 radical (unpaired) electrons. The second-order valence-corrected chi connectivity index (χ2v) is 7.23. The van der Waals surface area contributed by atoms with E-state index < -0.39 is 0 Å². The van der Waals surface area contributed by atoms with E-state index in [4.69, 9.17) is 0 Å². The van der Waals surface area contributed by atoms with E-state index in [1.807, 2.05) is 36.1 Å². The number of hydrogen-bond acceptors (Lipinski definition) is 5. The summed E-state index contributed by atoms with van der Waals surface area (Å²) in [4.78, 5) is 17.4. The van der Waals surface area contributed by atoms with Gasteiger partial charge in [0, 0.05) is 37.3 Å². The number of hydrogen-bond donors (Lipinski definition) is 0. The first-order valence-corrected chi connectivity index (χ1v) is 9.36. The maximum Gasteiger partial charge on any atom is 0.253 e. The Bertz CT molecular complexity index is 739. The molecule has 1 aromatic carbocycles. The van der Waals surface area contributed by atoms with Crippen LogP contribution in [0.2, 0.25) is 0 Å². The molecule has 2 heterocycles. The molecule has 1 aliphatic rings. The number of aryl methyl sites for hydroxylation is 1. The second kappa shape index (κ2) is 7.95. The van der Waals surface area contributed by atoms with E-state index in [0.29, 0.717) is 18.6 Å². The van der Waals surface area contributed by atoms with Gasteiger partial charge in [-0.05, 0) is 55.3 Å². The minimum Gasteiger partial charge on any atom is -0.336 e. The summed E-state index contributed by atoms with van der Waals surface area (Å²) < 4.78 is 1.74. The summed E-state index contributed by atoms with van der Waals surface area (Å²) in [6.07, 6.45) is 1.06. The van der Waals surface area contributed by atoms with E-state index in [-0.39, 0.29) is 5.91 Å². The number of benzene rings is 1. The molecule has 3 rings (SSSR count). The Morgan fingerprint density at radius 1 is 1.23 bits per heavy atom. The summed E-state index contributed by atoms with van der Waals surface area (Å²) in [6, 6.07) is 8.74. The van der Waals surface area contributed by atoms with Gasteiger partial charge in [0.05, 0.1) is 6.54 Å². The molecule has 1 aromatic heterocycles. The Morgan fingerprint density at radius 2 is 1.96 bits per heavy atom. The van der Waals surface area contributed by atoms with Crippen molar-refractivity contribution in [1.82, 2.24) is 30.0 Å². The van der Waals surface area contributed by atoms with Crippen LogP contribution in [0, 0.1) is 6.92 Å². The number of nitrogens with zero attached hydrogens (tertiary/aromatic N) is 6. The minimum absolute atomic E-state index is 0.122. The van der Waals surface area contributed by atoms with Gasteiger partial charge in [-0.2, -0.15) is 0 Å². The van der Waals surface area contributed by atoms with Crippen LogP contribution >= 0.6 is 0 Å². The van der Waals surface area contributed by atoms with E-state index in [0.717, 1.165) is 43.0 Å². The normalized spacial score (nSPS) is 18.5. The number of piperazine rings is 1. The Hall–Kier alpha value is -2.28.